The lowest BCUT2D eigenvalue weighted by Crippen LogP contribution is -2.60. The molecule has 298 valence electrons. The van der Waals surface area contributed by atoms with Crippen molar-refractivity contribution < 1.29 is 38.2 Å². The second-order valence-corrected chi connectivity index (χ2v) is 14.9. The van der Waals surface area contributed by atoms with Crippen molar-refractivity contribution in [2.24, 2.45) is 28.8 Å². The van der Waals surface area contributed by atoms with Crippen molar-refractivity contribution >= 4 is 29.6 Å². The van der Waals surface area contributed by atoms with Crippen LogP contribution in [-0.2, 0) is 38.2 Å². The fourth-order valence-corrected chi connectivity index (χ4v) is 7.34. The molecule has 0 aromatic carbocycles. The number of azide groups is 1. The van der Waals surface area contributed by atoms with Crippen LogP contribution in [-0.4, -0.2) is 142 Å². The van der Waals surface area contributed by atoms with E-state index in [9.17, 15) is 29.5 Å². The molecule has 1 heterocycles. The van der Waals surface area contributed by atoms with Crippen molar-refractivity contribution in [2.45, 2.75) is 130 Å². The van der Waals surface area contributed by atoms with E-state index in [4.69, 9.17) is 14.2 Å². The number of hydrogen-bond acceptors (Lipinski definition) is 10. The molecule has 0 aromatic rings. The van der Waals surface area contributed by atoms with Gasteiger partial charge in [0.2, 0.25) is 23.6 Å². The standard InChI is InChI=1S/C36H66N8O8/c1-15-22(6)31(43(11)35(48)29(24(8)40-41-37)39-34(47)30(21(4)5)42(9)10)26(50-12)19-27(45)44-18-16-17-25(44)32(51-13)23(7)33(46)38-28(20(2)3)36(49)52-14/h20-26,28-32H,15-19H2,1-14H3,(H,38,46)(H,39,47)/t22-,23+,24-,25-,26+,28-,29-,30-,31-,32+/m0/s1. The highest BCUT2D eigenvalue weighted by molar-refractivity contribution is 5.91. The van der Waals surface area contributed by atoms with Gasteiger partial charge < -0.3 is 34.6 Å². The van der Waals surface area contributed by atoms with Gasteiger partial charge >= 0.3 is 5.97 Å². The van der Waals surface area contributed by atoms with Crippen LogP contribution in [0.5, 0.6) is 0 Å². The normalized spacial score (nSPS) is 19.8. The molecule has 1 saturated heterocycles. The fourth-order valence-electron chi connectivity index (χ4n) is 7.34. The summed E-state index contributed by atoms with van der Waals surface area (Å²) in [6.07, 6.45) is 0.518. The Morgan fingerprint density at radius 3 is 1.96 bits per heavy atom. The van der Waals surface area contributed by atoms with Gasteiger partial charge in [0.15, 0.2) is 0 Å². The molecule has 0 radical (unpaired) electrons. The van der Waals surface area contributed by atoms with Gasteiger partial charge in [-0.05, 0) is 50.2 Å². The molecule has 1 rings (SSSR count). The number of hydrogen-bond donors (Lipinski definition) is 2. The predicted octanol–water partition coefficient (Wildman–Crippen LogP) is 2.99. The highest BCUT2D eigenvalue weighted by Gasteiger charge is 2.44. The van der Waals surface area contributed by atoms with Gasteiger partial charge in [-0.3, -0.25) is 24.1 Å². The van der Waals surface area contributed by atoms with Crippen molar-refractivity contribution in [2.75, 3.05) is 49.0 Å². The first-order chi connectivity index (χ1) is 24.3. The van der Waals surface area contributed by atoms with Crippen LogP contribution in [0.15, 0.2) is 5.11 Å². The van der Waals surface area contributed by atoms with Crippen LogP contribution in [0.1, 0.15) is 81.1 Å². The summed E-state index contributed by atoms with van der Waals surface area (Å²) in [5, 5.41) is 9.40. The van der Waals surface area contributed by atoms with Gasteiger partial charge in [0.05, 0.1) is 55.8 Å². The van der Waals surface area contributed by atoms with E-state index in [1.165, 1.54) is 26.2 Å². The molecule has 10 atom stereocenters. The summed E-state index contributed by atoms with van der Waals surface area (Å²) >= 11 is 0. The molecule has 0 aromatic heterocycles. The SMILES string of the molecule is CC[C@H](C)[C@@H]([C@@H](CC(=O)N1CCC[C@H]1[C@H](OC)[C@@H](C)C(=O)N[C@H](C(=O)OC)C(C)C)OC)N(C)C(=O)[C@@H](NC(=O)[C@H](C(C)C)N(C)C)[C@H](C)N=[N+]=[N-]. The van der Waals surface area contributed by atoms with Crippen LogP contribution in [0.2, 0.25) is 0 Å². The van der Waals surface area contributed by atoms with Crippen molar-refractivity contribution in [3.05, 3.63) is 10.4 Å². The first kappa shape index (κ1) is 46.6. The molecule has 1 fully saturated rings. The summed E-state index contributed by atoms with van der Waals surface area (Å²) in [6.45, 7) is 15.1. The van der Waals surface area contributed by atoms with Crippen molar-refractivity contribution in [3.63, 3.8) is 0 Å². The van der Waals surface area contributed by atoms with Crippen LogP contribution in [0.3, 0.4) is 0 Å². The molecule has 0 saturated carbocycles. The number of likely N-dealkylation sites (tertiary alicyclic amines) is 1. The van der Waals surface area contributed by atoms with Crippen molar-refractivity contribution in [3.8, 4) is 0 Å². The number of methoxy groups -OCH3 is 3. The van der Waals surface area contributed by atoms with Gasteiger partial charge in [0.1, 0.15) is 12.1 Å². The Kier molecular flexibility index (Phi) is 19.6. The summed E-state index contributed by atoms with van der Waals surface area (Å²) in [5.41, 5.74) is 9.23. The smallest absolute Gasteiger partial charge is 0.328 e. The quantitative estimate of drug-likeness (QED) is 0.0770. The molecule has 2 N–H and O–H groups in total. The number of rotatable bonds is 21. The lowest BCUT2D eigenvalue weighted by Gasteiger charge is -2.41. The van der Waals surface area contributed by atoms with Gasteiger partial charge in [0, 0.05) is 32.7 Å². The maximum Gasteiger partial charge on any atom is 0.328 e. The second-order valence-electron chi connectivity index (χ2n) is 14.9. The van der Waals surface area contributed by atoms with Crippen LogP contribution < -0.4 is 10.6 Å². The Labute approximate surface area is 310 Å². The third-order valence-corrected chi connectivity index (χ3v) is 10.4. The Morgan fingerprint density at radius 1 is 0.904 bits per heavy atom. The van der Waals surface area contributed by atoms with E-state index in [0.29, 0.717) is 25.8 Å². The predicted molar refractivity (Wildman–Crippen MR) is 198 cm³/mol. The average molecular weight is 739 g/mol. The molecule has 52 heavy (non-hydrogen) atoms. The lowest BCUT2D eigenvalue weighted by molar-refractivity contribution is -0.149. The average Bonchev–Trinajstić information content (AvgIpc) is 3.57. The Morgan fingerprint density at radius 2 is 1.50 bits per heavy atom. The minimum atomic E-state index is -1.16. The Bertz CT molecular complexity index is 1230. The van der Waals surface area contributed by atoms with E-state index >= 15 is 0 Å². The molecule has 0 spiro atoms. The third kappa shape index (κ3) is 12.0. The first-order valence-corrected chi connectivity index (χ1v) is 18.4. The molecule has 1 aliphatic heterocycles. The summed E-state index contributed by atoms with van der Waals surface area (Å²) in [6, 6.07) is -4.43. The van der Waals surface area contributed by atoms with E-state index in [2.05, 4.69) is 20.7 Å². The molecule has 0 aliphatic carbocycles. The number of amides is 4. The molecule has 16 heteroatoms. The molecule has 4 amide bonds. The lowest BCUT2D eigenvalue weighted by atomic mass is 9.89. The number of nitrogens with zero attached hydrogens (tertiary/aromatic N) is 6. The van der Waals surface area contributed by atoms with Crippen LogP contribution in [0.4, 0.5) is 0 Å². The van der Waals surface area contributed by atoms with E-state index in [1.54, 1.807) is 44.8 Å². The van der Waals surface area contributed by atoms with Gasteiger partial charge in [-0.2, -0.15) is 0 Å². The summed E-state index contributed by atoms with van der Waals surface area (Å²) < 4.78 is 16.7. The number of likely N-dealkylation sites (N-methyl/N-ethyl adjacent to an activating group) is 2. The minimum Gasteiger partial charge on any atom is -0.467 e. The monoisotopic (exact) mass is 739 g/mol. The number of esters is 1. The maximum absolute atomic E-state index is 14.3. The summed E-state index contributed by atoms with van der Waals surface area (Å²) in [4.78, 5) is 75.4. The van der Waals surface area contributed by atoms with Crippen LogP contribution >= 0.6 is 0 Å². The van der Waals surface area contributed by atoms with Gasteiger partial charge in [-0.15, -0.1) is 0 Å². The van der Waals surface area contributed by atoms with Crippen molar-refractivity contribution in [1.29, 1.82) is 0 Å². The molecular weight excluding hydrogens is 672 g/mol. The molecule has 1 aliphatic rings. The van der Waals surface area contributed by atoms with Gasteiger partial charge in [-0.25, -0.2) is 4.79 Å². The van der Waals surface area contributed by atoms with E-state index < -0.39 is 66.3 Å². The van der Waals surface area contributed by atoms with E-state index in [1.807, 2.05) is 41.5 Å². The Balaban J connectivity index is 3.38. The maximum atomic E-state index is 14.3. The topological polar surface area (TPSA) is 196 Å². The first-order valence-electron chi connectivity index (χ1n) is 18.4. The molecule has 16 nitrogen and oxygen atoms in total. The third-order valence-electron chi connectivity index (χ3n) is 10.4. The zero-order chi connectivity index (χ0) is 40.0. The van der Waals surface area contributed by atoms with Gasteiger partial charge in [0.25, 0.3) is 0 Å². The van der Waals surface area contributed by atoms with E-state index in [0.717, 1.165) is 0 Å². The zero-order valence-electron chi connectivity index (χ0n) is 33.9. The number of ether oxygens (including phenoxy) is 3. The molecule has 0 unspecified atom stereocenters. The van der Waals surface area contributed by atoms with Crippen LogP contribution in [0, 0.1) is 23.7 Å². The van der Waals surface area contributed by atoms with E-state index in [-0.39, 0.29) is 41.9 Å². The largest absolute Gasteiger partial charge is 0.467 e. The minimum absolute atomic E-state index is 0.0590. The fraction of sp³-hybridized carbons (Fsp3) is 0.861. The zero-order valence-corrected chi connectivity index (χ0v) is 33.9. The second kappa shape index (κ2) is 21.9. The Hall–Kier alpha value is -3.46. The number of nitrogens with one attached hydrogen (secondary N) is 2. The van der Waals surface area contributed by atoms with Gasteiger partial charge in [-0.1, -0.05) is 66.9 Å². The summed E-state index contributed by atoms with van der Waals surface area (Å²) in [5.74, 6) is -3.07. The number of carbonyl (C=O) groups is 5. The van der Waals surface area contributed by atoms with Crippen LogP contribution in [0.25, 0.3) is 10.4 Å². The molecular formula is C36H66N8O8. The molecule has 0 bridgehead atoms. The highest BCUT2D eigenvalue weighted by Crippen LogP contribution is 2.30. The highest BCUT2D eigenvalue weighted by atomic mass is 16.5. The van der Waals surface area contributed by atoms with Crippen molar-refractivity contribution in [1.82, 2.24) is 25.3 Å². The number of carbonyl (C=O) groups excluding carboxylic acids is 5. The summed E-state index contributed by atoms with van der Waals surface area (Å²) in [7, 11) is 9.45.